The predicted octanol–water partition coefficient (Wildman–Crippen LogP) is 6.88. The average Bonchev–Trinajstić information content (AvgIpc) is 3.57. The number of rotatable bonds is 6. The maximum Gasteiger partial charge on any atom is 0.302 e. The molecule has 0 unspecified atom stereocenters. The molecule has 2 heterocycles. The average molecular weight is 517 g/mol. The molecule has 0 aliphatic carbocycles. The molecule has 4 rings (SSSR count). The van der Waals surface area contributed by atoms with Crippen molar-refractivity contribution >= 4 is 41.2 Å². The fraction of sp³-hybridized carbons (Fsp3) is 0.167. The largest absolute Gasteiger partial charge is 0.466 e. The first-order chi connectivity index (χ1) is 17.5. The Morgan fingerprint density at radius 2 is 1.33 bits per heavy atom. The van der Waals surface area contributed by atoms with Gasteiger partial charge in [-0.25, -0.2) is 0 Å². The molecule has 184 valence electrons. The van der Waals surface area contributed by atoms with Crippen LogP contribution >= 0.6 is 22.7 Å². The third-order valence-corrected chi connectivity index (χ3v) is 6.31. The van der Waals surface area contributed by atoms with E-state index in [9.17, 15) is 14.4 Å². The van der Waals surface area contributed by atoms with Crippen LogP contribution < -0.4 is 0 Å². The van der Waals surface area contributed by atoms with Crippen molar-refractivity contribution in [3.05, 3.63) is 116 Å². The van der Waals surface area contributed by atoms with Crippen LogP contribution in [-0.4, -0.2) is 25.1 Å². The van der Waals surface area contributed by atoms with Crippen LogP contribution in [0.5, 0.6) is 0 Å². The van der Waals surface area contributed by atoms with Crippen molar-refractivity contribution in [1.29, 1.82) is 0 Å². The van der Waals surface area contributed by atoms with Gasteiger partial charge in [-0.1, -0.05) is 60.4 Å². The fourth-order valence-electron chi connectivity index (χ4n) is 2.87. The molecule has 36 heavy (non-hydrogen) atoms. The minimum Gasteiger partial charge on any atom is -0.466 e. The molecular weight excluding hydrogens is 488 g/mol. The second-order valence-corrected chi connectivity index (χ2v) is 9.24. The Labute approximate surface area is 220 Å². The first kappa shape index (κ1) is 28.4. The van der Waals surface area contributed by atoms with Gasteiger partial charge in [0.25, 0.3) is 0 Å². The highest BCUT2D eigenvalue weighted by Crippen LogP contribution is 2.15. The van der Waals surface area contributed by atoms with Crippen molar-refractivity contribution < 1.29 is 19.1 Å². The zero-order valence-electron chi connectivity index (χ0n) is 20.3. The maximum atomic E-state index is 10.5. The molecule has 0 fully saturated rings. The Morgan fingerprint density at radius 1 is 0.778 bits per heavy atom. The van der Waals surface area contributed by atoms with Gasteiger partial charge < -0.3 is 4.74 Å². The summed E-state index contributed by atoms with van der Waals surface area (Å²) in [6, 6.07) is 24.0. The Morgan fingerprint density at radius 3 is 1.86 bits per heavy atom. The third kappa shape index (κ3) is 11.6. The maximum absolute atomic E-state index is 10.5. The van der Waals surface area contributed by atoms with E-state index in [1.807, 2.05) is 47.8 Å². The number of thiophene rings is 2. The van der Waals surface area contributed by atoms with Crippen molar-refractivity contribution in [1.82, 2.24) is 0 Å². The number of hydrogen-bond donors (Lipinski definition) is 0. The van der Waals surface area contributed by atoms with Gasteiger partial charge in [0, 0.05) is 23.4 Å². The smallest absolute Gasteiger partial charge is 0.302 e. The molecule has 2 aromatic heterocycles. The van der Waals surface area contributed by atoms with Gasteiger partial charge in [0.1, 0.15) is 0 Å². The van der Waals surface area contributed by atoms with Crippen molar-refractivity contribution in [2.24, 2.45) is 0 Å². The number of carbonyl (C=O) groups is 3. The molecule has 6 heteroatoms. The summed E-state index contributed by atoms with van der Waals surface area (Å²) in [7, 11) is 0. The minimum atomic E-state index is -0.211. The summed E-state index contributed by atoms with van der Waals surface area (Å²) in [6.45, 7) is 3.65. The first-order valence-electron chi connectivity index (χ1n) is 11.3. The number of benzene rings is 2. The van der Waals surface area contributed by atoms with Crippen molar-refractivity contribution in [2.75, 3.05) is 6.61 Å². The number of aryl methyl sites for hydroxylation is 2. The van der Waals surface area contributed by atoms with Gasteiger partial charge in [0.2, 0.25) is 0 Å². The number of aldehydes is 2. The molecule has 0 amide bonds. The van der Waals surface area contributed by atoms with E-state index in [1.165, 1.54) is 40.7 Å². The Kier molecular flexibility index (Phi) is 13.3. The van der Waals surface area contributed by atoms with E-state index < -0.39 is 0 Å². The highest BCUT2D eigenvalue weighted by molar-refractivity contribution is 7.12. The molecule has 0 bridgehead atoms. The summed E-state index contributed by atoms with van der Waals surface area (Å²) < 4.78 is 4.40. The van der Waals surface area contributed by atoms with Gasteiger partial charge in [0.15, 0.2) is 12.6 Å². The minimum absolute atomic E-state index is 0.211. The standard InChI is InChI=1S/C13H12OS.C13H8OS.C4H8O2/c2*14-9-13-8-12(10-15-13)7-6-11-4-2-1-3-5-11;1-3-6-4(2)5/h1-5,8-10H,6-7H2;1-5,8-10H;3H2,1-2H3. The quantitative estimate of drug-likeness (QED) is 0.159. The van der Waals surface area contributed by atoms with Crippen LogP contribution in [0, 0.1) is 11.8 Å². The Bertz CT molecular complexity index is 1260. The lowest BCUT2D eigenvalue weighted by Crippen LogP contribution is -1.95. The number of hydrogen-bond acceptors (Lipinski definition) is 6. The zero-order valence-corrected chi connectivity index (χ0v) is 21.9. The molecule has 0 aliphatic rings. The molecule has 2 aromatic carbocycles. The highest BCUT2D eigenvalue weighted by atomic mass is 32.1. The van der Waals surface area contributed by atoms with Crippen LogP contribution in [-0.2, 0) is 22.4 Å². The van der Waals surface area contributed by atoms with E-state index >= 15 is 0 Å². The predicted molar refractivity (Wildman–Crippen MR) is 148 cm³/mol. The second kappa shape index (κ2) is 16.8. The lowest BCUT2D eigenvalue weighted by atomic mass is 10.1. The third-order valence-electron chi connectivity index (χ3n) is 4.54. The van der Waals surface area contributed by atoms with Crippen LogP contribution in [0.1, 0.15) is 55.4 Å². The molecular formula is C30H28O4S2. The van der Waals surface area contributed by atoms with Gasteiger partial charge in [0.05, 0.1) is 16.4 Å². The lowest BCUT2D eigenvalue weighted by Gasteiger charge is -1.98. The summed E-state index contributed by atoms with van der Waals surface area (Å²) in [4.78, 5) is 32.3. The van der Waals surface area contributed by atoms with Gasteiger partial charge in [-0.3, -0.25) is 14.4 Å². The van der Waals surface area contributed by atoms with Crippen molar-refractivity contribution in [3.63, 3.8) is 0 Å². The SMILES string of the molecule is CCOC(C)=O.O=Cc1cc(C#Cc2ccccc2)cs1.O=Cc1cc(CCc2ccccc2)cs1. The van der Waals surface area contributed by atoms with E-state index in [2.05, 4.69) is 46.2 Å². The summed E-state index contributed by atoms with van der Waals surface area (Å²) in [5, 5.41) is 3.95. The Balaban J connectivity index is 0.000000208. The van der Waals surface area contributed by atoms with E-state index in [1.54, 1.807) is 13.0 Å². The number of carbonyl (C=O) groups excluding carboxylic acids is 3. The zero-order chi connectivity index (χ0) is 26.0. The fourth-order valence-corrected chi connectivity index (χ4v) is 4.26. The monoisotopic (exact) mass is 516 g/mol. The van der Waals surface area contributed by atoms with Crippen LogP contribution in [0.25, 0.3) is 0 Å². The van der Waals surface area contributed by atoms with Gasteiger partial charge in [-0.2, -0.15) is 0 Å². The van der Waals surface area contributed by atoms with Crippen molar-refractivity contribution in [3.8, 4) is 11.8 Å². The molecule has 0 radical (unpaired) electrons. The van der Waals surface area contributed by atoms with E-state index in [0.29, 0.717) is 11.5 Å². The van der Waals surface area contributed by atoms with Crippen LogP contribution in [0.15, 0.2) is 83.6 Å². The molecule has 0 N–H and O–H groups in total. The van der Waals surface area contributed by atoms with E-state index in [0.717, 1.165) is 41.4 Å². The first-order valence-corrected chi connectivity index (χ1v) is 13.1. The molecule has 4 nitrogen and oxygen atoms in total. The van der Waals surface area contributed by atoms with Crippen LogP contribution in [0.3, 0.4) is 0 Å². The molecule has 0 saturated carbocycles. The van der Waals surface area contributed by atoms with Gasteiger partial charge in [-0.05, 0) is 60.5 Å². The Hall–Kier alpha value is -3.79. The summed E-state index contributed by atoms with van der Waals surface area (Å²) in [5.74, 6) is 5.85. The van der Waals surface area contributed by atoms with Gasteiger partial charge in [-0.15, -0.1) is 22.7 Å². The summed E-state index contributed by atoms with van der Waals surface area (Å²) >= 11 is 2.93. The normalized spacial score (nSPS) is 9.28. The molecule has 0 spiro atoms. The lowest BCUT2D eigenvalue weighted by molar-refractivity contribution is -0.140. The van der Waals surface area contributed by atoms with E-state index in [-0.39, 0.29) is 5.97 Å². The summed E-state index contributed by atoms with van der Waals surface area (Å²) in [6.07, 6.45) is 3.80. The number of esters is 1. The van der Waals surface area contributed by atoms with Gasteiger partial charge >= 0.3 is 5.97 Å². The highest BCUT2D eigenvalue weighted by Gasteiger charge is 1.99. The number of ether oxygens (including phenoxy) is 1. The van der Waals surface area contributed by atoms with Crippen LogP contribution in [0.2, 0.25) is 0 Å². The molecule has 0 atom stereocenters. The summed E-state index contributed by atoms with van der Waals surface area (Å²) in [5.41, 5.74) is 4.48. The van der Waals surface area contributed by atoms with Crippen molar-refractivity contribution in [2.45, 2.75) is 26.7 Å². The van der Waals surface area contributed by atoms with Crippen LogP contribution in [0.4, 0.5) is 0 Å². The second-order valence-electron chi connectivity index (χ2n) is 7.36. The molecule has 0 aliphatic heterocycles. The van der Waals surface area contributed by atoms with E-state index in [4.69, 9.17) is 0 Å². The topological polar surface area (TPSA) is 60.4 Å². The molecule has 4 aromatic rings. The molecule has 0 saturated heterocycles.